The first-order chi connectivity index (χ1) is 15.1. The van der Waals surface area contributed by atoms with Gasteiger partial charge in [0.2, 0.25) is 5.88 Å². The van der Waals surface area contributed by atoms with Crippen LogP contribution in [-0.2, 0) is 6.54 Å². The second-order valence-corrected chi connectivity index (χ2v) is 9.51. The van der Waals surface area contributed by atoms with Crippen molar-refractivity contribution in [3.8, 4) is 5.88 Å². The summed E-state index contributed by atoms with van der Waals surface area (Å²) in [5.41, 5.74) is 1.31. The summed E-state index contributed by atoms with van der Waals surface area (Å²) in [4.78, 5) is 28.5. The number of ether oxygens (including phenoxy) is 1. The molecule has 8 nitrogen and oxygen atoms in total. The van der Waals surface area contributed by atoms with Crippen molar-refractivity contribution in [3.05, 3.63) is 28.7 Å². The molecule has 0 N–H and O–H groups in total. The van der Waals surface area contributed by atoms with Gasteiger partial charge in [0.25, 0.3) is 0 Å². The summed E-state index contributed by atoms with van der Waals surface area (Å²) in [7, 11) is 1.62. The molecule has 31 heavy (non-hydrogen) atoms. The predicted molar refractivity (Wildman–Crippen MR) is 124 cm³/mol. The van der Waals surface area contributed by atoms with Gasteiger partial charge in [0.15, 0.2) is 5.82 Å². The van der Waals surface area contributed by atoms with Gasteiger partial charge in [-0.15, -0.1) is 11.3 Å². The summed E-state index contributed by atoms with van der Waals surface area (Å²) in [5.74, 6) is 3.46. The Balaban J connectivity index is 1.41. The average molecular weight is 440 g/mol. The van der Waals surface area contributed by atoms with Crippen LogP contribution in [0.5, 0.6) is 5.88 Å². The average Bonchev–Trinajstić information content (AvgIpc) is 3.41. The molecule has 3 aromatic rings. The van der Waals surface area contributed by atoms with Crippen molar-refractivity contribution in [1.29, 1.82) is 0 Å². The molecule has 9 heteroatoms. The Kier molecular flexibility index (Phi) is 5.62. The van der Waals surface area contributed by atoms with Crippen LogP contribution in [0.4, 0.5) is 11.6 Å². The summed E-state index contributed by atoms with van der Waals surface area (Å²) in [6, 6.07) is 0. The van der Waals surface area contributed by atoms with Crippen LogP contribution in [0, 0.1) is 13.8 Å². The predicted octanol–water partition coefficient (Wildman–Crippen LogP) is 3.03. The minimum atomic E-state index is 0.549. The van der Waals surface area contributed by atoms with E-state index >= 15 is 0 Å². The number of anilines is 2. The lowest BCUT2D eigenvalue weighted by atomic mass is 10.2. The minimum Gasteiger partial charge on any atom is -0.480 e. The smallest absolute Gasteiger partial charge is 0.233 e. The van der Waals surface area contributed by atoms with Gasteiger partial charge in [-0.2, -0.15) is 4.98 Å². The summed E-state index contributed by atoms with van der Waals surface area (Å²) in [6.07, 6.45) is 6.01. The zero-order valence-corrected chi connectivity index (χ0v) is 19.3. The molecule has 2 aliphatic heterocycles. The lowest BCUT2D eigenvalue weighted by Gasteiger charge is -2.36. The molecule has 2 saturated heterocycles. The maximum absolute atomic E-state index is 5.24. The molecule has 0 radical (unpaired) electrons. The zero-order chi connectivity index (χ0) is 21.4. The molecule has 3 aromatic heterocycles. The Bertz CT molecular complexity index is 1070. The van der Waals surface area contributed by atoms with Crippen LogP contribution in [0.1, 0.15) is 29.1 Å². The van der Waals surface area contributed by atoms with Crippen LogP contribution >= 0.6 is 11.3 Å². The molecular weight excluding hydrogens is 410 g/mol. The monoisotopic (exact) mass is 439 g/mol. The largest absolute Gasteiger partial charge is 0.480 e. The second kappa shape index (κ2) is 8.55. The standard InChI is InChI=1S/C22H29N7OS/c1-15-16(2)31-22-20(15)21(24-17(25-22)14-27-6-4-5-7-27)29-10-8-28(9-11-29)18-12-23-13-19(26-18)30-3/h12-13H,4-11,14H2,1-3H3. The maximum Gasteiger partial charge on any atom is 0.233 e. The van der Waals surface area contributed by atoms with Crippen molar-refractivity contribution in [2.24, 2.45) is 0 Å². The van der Waals surface area contributed by atoms with Crippen molar-refractivity contribution in [1.82, 2.24) is 24.8 Å². The number of methoxy groups -OCH3 is 1. The van der Waals surface area contributed by atoms with E-state index in [9.17, 15) is 0 Å². The molecule has 0 aromatic carbocycles. The SMILES string of the molecule is COc1cncc(N2CCN(c3nc(CN4CCCC4)nc4sc(C)c(C)c34)CC2)n1. The van der Waals surface area contributed by atoms with Gasteiger partial charge in [0.1, 0.15) is 16.5 Å². The van der Waals surface area contributed by atoms with Gasteiger partial charge in [-0.25, -0.2) is 9.97 Å². The van der Waals surface area contributed by atoms with Crippen LogP contribution < -0.4 is 14.5 Å². The Labute approximate surface area is 186 Å². The third kappa shape index (κ3) is 4.04. The molecule has 0 atom stereocenters. The normalized spacial score (nSPS) is 17.6. The quantitative estimate of drug-likeness (QED) is 0.601. The number of piperazine rings is 1. The van der Waals surface area contributed by atoms with Crippen LogP contribution in [-0.4, -0.2) is 71.2 Å². The molecule has 0 saturated carbocycles. The van der Waals surface area contributed by atoms with Gasteiger partial charge in [-0.05, 0) is 45.3 Å². The van der Waals surface area contributed by atoms with Crippen LogP contribution in [0.15, 0.2) is 12.4 Å². The van der Waals surface area contributed by atoms with Crippen LogP contribution in [0.2, 0.25) is 0 Å². The van der Waals surface area contributed by atoms with Gasteiger partial charge < -0.3 is 14.5 Å². The van der Waals surface area contributed by atoms with E-state index in [4.69, 9.17) is 14.7 Å². The van der Waals surface area contributed by atoms with Crippen LogP contribution in [0.3, 0.4) is 0 Å². The number of aromatic nitrogens is 4. The topological polar surface area (TPSA) is 70.5 Å². The number of hydrogen-bond donors (Lipinski definition) is 0. The number of likely N-dealkylation sites (tertiary alicyclic amines) is 1. The van der Waals surface area contributed by atoms with Crippen molar-refractivity contribution in [3.63, 3.8) is 0 Å². The Morgan fingerprint density at radius 2 is 1.68 bits per heavy atom. The van der Waals surface area contributed by atoms with Gasteiger partial charge in [-0.1, -0.05) is 0 Å². The van der Waals surface area contributed by atoms with Gasteiger partial charge in [0.05, 0.1) is 31.4 Å². The van der Waals surface area contributed by atoms with Gasteiger partial charge in [-0.3, -0.25) is 9.88 Å². The van der Waals surface area contributed by atoms with E-state index in [0.717, 1.165) is 68.1 Å². The fourth-order valence-corrected chi connectivity index (χ4v) is 5.49. The van der Waals surface area contributed by atoms with Crippen molar-refractivity contribution >= 4 is 33.2 Å². The number of hydrogen-bond acceptors (Lipinski definition) is 9. The van der Waals surface area contributed by atoms with E-state index < -0.39 is 0 Å². The first-order valence-electron chi connectivity index (χ1n) is 11.0. The van der Waals surface area contributed by atoms with E-state index in [2.05, 4.69) is 38.5 Å². The van der Waals surface area contributed by atoms with Crippen molar-refractivity contribution in [2.75, 3.05) is 56.2 Å². The number of rotatable bonds is 5. The fourth-order valence-electron chi connectivity index (χ4n) is 4.45. The first-order valence-corrected chi connectivity index (χ1v) is 11.8. The molecule has 5 heterocycles. The molecule has 5 rings (SSSR count). The molecule has 2 fully saturated rings. The van der Waals surface area contributed by atoms with Crippen molar-refractivity contribution in [2.45, 2.75) is 33.2 Å². The summed E-state index contributed by atoms with van der Waals surface area (Å²) in [6.45, 7) is 11.1. The number of fused-ring (bicyclic) bond motifs is 1. The number of thiophene rings is 1. The van der Waals surface area contributed by atoms with E-state index in [0.29, 0.717) is 5.88 Å². The third-order valence-electron chi connectivity index (χ3n) is 6.33. The van der Waals surface area contributed by atoms with E-state index in [1.807, 2.05) is 6.20 Å². The molecule has 0 aliphatic carbocycles. The third-order valence-corrected chi connectivity index (χ3v) is 7.43. The van der Waals surface area contributed by atoms with E-state index in [-0.39, 0.29) is 0 Å². The summed E-state index contributed by atoms with van der Waals surface area (Å²) in [5, 5.41) is 1.22. The molecule has 164 valence electrons. The molecule has 0 amide bonds. The zero-order valence-electron chi connectivity index (χ0n) is 18.5. The number of nitrogens with zero attached hydrogens (tertiary/aromatic N) is 7. The van der Waals surface area contributed by atoms with Crippen LogP contribution in [0.25, 0.3) is 10.2 Å². The molecular formula is C22H29N7OS. The highest BCUT2D eigenvalue weighted by molar-refractivity contribution is 7.18. The molecule has 0 bridgehead atoms. The lowest BCUT2D eigenvalue weighted by Crippen LogP contribution is -2.47. The lowest BCUT2D eigenvalue weighted by molar-refractivity contribution is 0.323. The highest BCUT2D eigenvalue weighted by Crippen LogP contribution is 2.35. The van der Waals surface area contributed by atoms with Gasteiger partial charge >= 0.3 is 0 Å². The summed E-state index contributed by atoms with van der Waals surface area (Å²) < 4.78 is 5.24. The minimum absolute atomic E-state index is 0.549. The van der Waals surface area contributed by atoms with Crippen molar-refractivity contribution < 1.29 is 4.74 Å². The Morgan fingerprint density at radius 3 is 2.42 bits per heavy atom. The Morgan fingerprint density at radius 1 is 0.935 bits per heavy atom. The highest BCUT2D eigenvalue weighted by Gasteiger charge is 2.25. The molecule has 0 spiro atoms. The molecule has 0 unspecified atom stereocenters. The van der Waals surface area contributed by atoms with Gasteiger partial charge in [0, 0.05) is 31.1 Å². The molecule has 2 aliphatic rings. The maximum atomic E-state index is 5.24. The number of aryl methyl sites for hydroxylation is 2. The van der Waals surface area contributed by atoms with E-state index in [1.165, 1.54) is 28.7 Å². The fraction of sp³-hybridized carbons (Fsp3) is 0.545. The first kappa shape index (κ1) is 20.4. The second-order valence-electron chi connectivity index (χ2n) is 8.30. The summed E-state index contributed by atoms with van der Waals surface area (Å²) >= 11 is 1.79. The Hall–Kier alpha value is -2.52. The highest BCUT2D eigenvalue weighted by atomic mass is 32.1. The van der Waals surface area contributed by atoms with E-state index in [1.54, 1.807) is 24.6 Å².